The van der Waals surface area contributed by atoms with E-state index in [1.54, 1.807) is 0 Å². The van der Waals surface area contributed by atoms with Gasteiger partial charge in [-0.15, -0.1) is 0 Å². The maximum atomic E-state index is 10.0. The van der Waals surface area contributed by atoms with Crippen molar-refractivity contribution >= 4 is 18.0 Å². The maximum absolute atomic E-state index is 10.0. The van der Waals surface area contributed by atoms with Crippen LogP contribution >= 0.6 is 11.8 Å². The molecule has 15 heavy (non-hydrogen) atoms. The minimum Gasteiger partial charge on any atom is -0.333 e. The number of carbonyl (C=O) groups is 1. The zero-order chi connectivity index (χ0) is 11.4. The van der Waals surface area contributed by atoms with Crippen LogP contribution in [0.5, 0.6) is 0 Å². The van der Waals surface area contributed by atoms with Gasteiger partial charge >= 0.3 is 0 Å². The van der Waals surface area contributed by atoms with Crippen LogP contribution in [0.2, 0.25) is 0 Å². The number of hydrogen-bond donors (Lipinski definition) is 1. The summed E-state index contributed by atoms with van der Waals surface area (Å²) < 4.78 is 0. The van der Waals surface area contributed by atoms with E-state index < -0.39 is 0 Å². The van der Waals surface area contributed by atoms with Gasteiger partial charge < -0.3 is 10.5 Å². The first-order chi connectivity index (χ1) is 7.43. The fourth-order valence-corrected chi connectivity index (χ4v) is 1.82. The Hall–Kier alpha value is -0.870. The zero-order valence-electron chi connectivity index (χ0n) is 9.06. The van der Waals surface area contributed by atoms with Crippen molar-refractivity contribution in [3.05, 3.63) is 30.1 Å². The molecule has 0 aliphatic heterocycles. The van der Waals surface area contributed by atoms with E-state index in [4.69, 9.17) is 0 Å². The van der Waals surface area contributed by atoms with E-state index in [0.717, 1.165) is 24.2 Å². The van der Waals surface area contributed by atoms with E-state index in [9.17, 15) is 4.79 Å². The number of pyridine rings is 1. The van der Waals surface area contributed by atoms with Crippen LogP contribution in [0.25, 0.3) is 0 Å². The lowest BCUT2D eigenvalue weighted by Gasteiger charge is -1.99. The molecule has 3 nitrogen and oxygen atoms in total. The molecule has 0 atom stereocenters. The Morgan fingerprint density at radius 2 is 2.00 bits per heavy atom. The van der Waals surface area contributed by atoms with Gasteiger partial charge in [0.15, 0.2) is 0 Å². The highest BCUT2D eigenvalue weighted by molar-refractivity contribution is 7.99. The largest absolute Gasteiger partial charge is 0.333 e. The fraction of sp³-hybridized carbons (Fsp3) is 0.455. The molecule has 0 fully saturated rings. The fourth-order valence-electron chi connectivity index (χ4n) is 0.973. The monoisotopic (exact) mass is 226 g/mol. The molecule has 1 heterocycles. The van der Waals surface area contributed by atoms with Crippen molar-refractivity contribution in [3.8, 4) is 0 Å². The van der Waals surface area contributed by atoms with E-state index in [2.05, 4.69) is 10.7 Å². The van der Waals surface area contributed by atoms with Gasteiger partial charge in [0.2, 0.25) is 0 Å². The number of carbonyl (C=O) groups excluding carboxylic acids is 1. The van der Waals surface area contributed by atoms with Crippen molar-refractivity contribution in [1.82, 2.24) is 4.98 Å². The second kappa shape index (κ2) is 11.2. The van der Waals surface area contributed by atoms with Crippen molar-refractivity contribution in [1.29, 1.82) is 0 Å². The summed E-state index contributed by atoms with van der Waals surface area (Å²) in [6, 6.07) is 4.06. The predicted molar refractivity (Wildman–Crippen MR) is 66.1 cm³/mol. The first-order valence-corrected chi connectivity index (χ1v) is 6.07. The van der Waals surface area contributed by atoms with Crippen molar-refractivity contribution in [2.24, 2.45) is 5.73 Å². The van der Waals surface area contributed by atoms with Crippen molar-refractivity contribution in [2.75, 3.05) is 18.6 Å². The summed E-state index contributed by atoms with van der Waals surface area (Å²) in [6.45, 7) is 0. The van der Waals surface area contributed by atoms with Crippen LogP contribution in [-0.2, 0) is 11.2 Å². The Bertz CT molecular complexity index is 242. The number of thioether (sulfide) groups is 1. The lowest BCUT2D eigenvalue weighted by molar-refractivity contribution is -0.107. The Labute approximate surface area is 95.5 Å². The zero-order valence-corrected chi connectivity index (χ0v) is 9.87. The number of aryl methyl sites for hydroxylation is 1. The predicted octanol–water partition coefficient (Wildman–Crippen LogP) is 1.52. The summed E-state index contributed by atoms with van der Waals surface area (Å²) >= 11 is 1.82. The Kier molecular flexibility index (Phi) is 10.6. The van der Waals surface area contributed by atoms with Crippen molar-refractivity contribution in [2.45, 2.75) is 12.8 Å². The first-order valence-electron chi connectivity index (χ1n) is 4.91. The van der Waals surface area contributed by atoms with E-state index in [1.807, 2.05) is 36.3 Å². The van der Waals surface area contributed by atoms with Gasteiger partial charge in [-0.3, -0.25) is 4.98 Å². The standard InChI is InChI=1S/C10H13NOS.CH5N/c12-7-1-8-13-9-4-10-2-5-11-6-3-10;1-2/h2-3,5-7H,1,4,8-9H2;2H2,1H3. The molecule has 0 radical (unpaired) electrons. The van der Waals surface area contributed by atoms with Crippen LogP contribution in [0, 0.1) is 0 Å². The average molecular weight is 226 g/mol. The molecular formula is C11H18N2OS. The summed E-state index contributed by atoms with van der Waals surface area (Å²) in [5, 5.41) is 0. The Balaban J connectivity index is 0.000000921. The lowest BCUT2D eigenvalue weighted by atomic mass is 10.2. The molecule has 84 valence electrons. The molecule has 0 saturated carbocycles. The molecule has 0 saturated heterocycles. The van der Waals surface area contributed by atoms with E-state index >= 15 is 0 Å². The highest BCUT2D eigenvalue weighted by Crippen LogP contribution is 2.06. The van der Waals surface area contributed by atoms with E-state index in [0.29, 0.717) is 6.42 Å². The molecule has 0 aliphatic carbocycles. The molecular weight excluding hydrogens is 208 g/mol. The van der Waals surface area contributed by atoms with Gasteiger partial charge in [0, 0.05) is 18.8 Å². The Morgan fingerprint density at radius 3 is 2.60 bits per heavy atom. The van der Waals surface area contributed by atoms with Gasteiger partial charge in [-0.05, 0) is 42.7 Å². The maximum Gasteiger partial charge on any atom is 0.120 e. The highest BCUT2D eigenvalue weighted by Gasteiger charge is 1.92. The van der Waals surface area contributed by atoms with Gasteiger partial charge in [0.05, 0.1) is 0 Å². The van der Waals surface area contributed by atoms with Crippen molar-refractivity contribution in [3.63, 3.8) is 0 Å². The van der Waals surface area contributed by atoms with Crippen LogP contribution in [0.3, 0.4) is 0 Å². The molecule has 0 unspecified atom stereocenters. The second-order valence-corrected chi connectivity index (χ2v) is 3.90. The van der Waals surface area contributed by atoms with E-state index in [-0.39, 0.29) is 0 Å². The highest BCUT2D eigenvalue weighted by atomic mass is 32.2. The van der Waals surface area contributed by atoms with Gasteiger partial charge in [-0.2, -0.15) is 11.8 Å². The second-order valence-electron chi connectivity index (χ2n) is 2.67. The normalized spacial score (nSPS) is 8.93. The number of aromatic nitrogens is 1. The molecule has 0 aliphatic rings. The SMILES string of the molecule is CN.O=CCCSCCc1ccncc1. The molecule has 0 amide bonds. The van der Waals surface area contributed by atoms with E-state index in [1.165, 1.54) is 12.6 Å². The molecule has 1 rings (SSSR count). The van der Waals surface area contributed by atoms with Crippen LogP contribution in [0.15, 0.2) is 24.5 Å². The summed E-state index contributed by atoms with van der Waals surface area (Å²) in [7, 11) is 1.50. The average Bonchev–Trinajstić information content (AvgIpc) is 2.33. The topological polar surface area (TPSA) is 56.0 Å². The van der Waals surface area contributed by atoms with Crippen LogP contribution in [0.4, 0.5) is 0 Å². The molecule has 4 heteroatoms. The summed E-state index contributed by atoms with van der Waals surface area (Å²) in [6.07, 6.45) is 6.32. The van der Waals surface area contributed by atoms with Crippen LogP contribution in [0.1, 0.15) is 12.0 Å². The molecule has 0 aromatic carbocycles. The minimum atomic E-state index is 0.668. The van der Waals surface area contributed by atoms with Crippen LogP contribution in [-0.4, -0.2) is 29.8 Å². The summed E-state index contributed by atoms with van der Waals surface area (Å²) in [4.78, 5) is 14.0. The van der Waals surface area contributed by atoms with Crippen molar-refractivity contribution < 1.29 is 4.79 Å². The number of aldehydes is 1. The minimum absolute atomic E-state index is 0.668. The number of rotatable bonds is 6. The smallest absolute Gasteiger partial charge is 0.120 e. The molecule has 1 aromatic heterocycles. The van der Waals surface area contributed by atoms with Crippen LogP contribution < -0.4 is 5.73 Å². The van der Waals surface area contributed by atoms with Gasteiger partial charge in [0.25, 0.3) is 0 Å². The van der Waals surface area contributed by atoms with Gasteiger partial charge in [-0.25, -0.2) is 0 Å². The van der Waals surface area contributed by atoms with Gasteiger partial charge in [-0.1, -0.05) is 0 Å². The molecule has 2 N–H and O–H groups in total. The number of nitrogens with zero attached hydrogens (tertiary/aromatic N) is 1. The molecule has 0 spiro atoms. The first kappa shape index (κ1) is 14.1. The van der Waals surface area contributed by atoms with Gasteiger partial charge in [0.1, 0.15) is 6.29 Å². The third-order valence-corrected chi connectivity index (χ3v) is 2.68. The molecule has 1 aromatic rings. The summed E-state index contributed by atoms with van der Waals surface area (Å²) in [5.74, 6) is 2.02. The lowest BCUT2D eigenvalue weighted by Crippen LogP contribution is -1.90. The third kappa shape index (κ3) is 8.15. The third-order valence-electron chi connectivity index (χ3n) is 1.66. The Morgan fingerprint density at radius 1 is 1.33 bits per heavy atom. The summed E-state index contributed by atoms with van der Waals surface area (Å²) in [5.41, 5.74) is 5.81. The number of hydrogen-bond acceptors (Lipinski definition) is 4. The molecule has 0 bridgehead atoms. The number of nitrogens with two attached hydrogens (primary N) is 1. The quantitative estimate of drug-likeness (QED) is 0.590.